The fourth-order valence-electron chi connectivity index (χ4n) is 2.22. The van der Waals surface area contributed by atoms with Gasteiger partial charge in [-0.2, -0.15) is 0 Å². The van der Waals surface area contributed by atoms with Gasteiger partial charge in [0.15, 0.2) is 0 Å². The Labute approximate surface area is 117 Å². The van der Waals surface area contributed by atoms with Gasteiger partial charge in [-0.05, 0) is 32.5 Å². The normalized spacial score (nSPS) is 20.2. The average molecular weight is 285 g/mol. The largest absolute Gasteiger partial charge is 0.478 e. The molecule has 1 aromatic rings. The molecule has 1 aliphatic heterocycles. The number of aromatic carboxylic acids is 1. The first-order valence-electron chi connectivity index (χ1n) is 6.30. The number of halogens is 1. The third-order valence-corrected chi connectivity index (χ3v) is 3.79. The molecule has 0 aliphatic carbocycles. The van der Waals surface area contributed by atoms with Crippen LogP contribution in [0.3, 0.4) is 0 Å². The van der Waals surface area contributed by atoms with Crippen molar-refractivity contribution >= 4 is 17.6 Å². The van der Waals surface area contributed by atoms with E-state index in [0.717, 1.165) is 13.0 Å². The molecular weight excluding hydrogens is 268 g/mol. The van der Waals surface area contributed by atoms with Gasteiger partial charge in [0.2, 0.25) is 5.88 Å². The molecule has 0 aromatic carbocycles. The predicted octanol–water partition coefficient (Wildman–Crippen LogP) is 2.30. The van der Waals surface area contributed by atoms with Crippen LogP contribution in [0.15, 0.2) is 12.3 Å². The minimum absolute atomic E-state index is 0.0173. The molecule has 0 saturated carbocycles. The predicted molar refractivity (Wildman–Crippen MR) is 72.0 cm³/mol. The maximum absolute atomic E-state index is 11.0. The topological polar surface area (TPSA) is 62.7 Å². The van der Waals surface area contributed by atoms with E-state index < -0.39 is 5.97 Å². The van der Waals surface area contributed by atoms with Crippen molar-refractivity contribution < 1.29 is 14.6 Å². The van der Waals surface area contributed by atoms with Gasteiger partial charge in [0.05, 0.1) is 5.56 Å². The quantitative estimate of drug-likeness (QED) is 0.919. The number of rotatable bonds is 4. The van der Waals surface area contributed by atoms with Crippen LogP contribution in [0, 0.1) is 0 Å². The van der Waals surface area contributed by atoms with E-state index in [1.807, 2.05) is 0 Å². The van der Waals surface area contributed by atoms with E-state index >= 15 is 0 Å². The Morgan fingerprint density at radius 2 is 2.42 bits per heavy atom. The van der Waals surface area contributed by atoms with Crippen molar-refractivity contribution in [3.63, 3.8) is 0 Å². The number of pyridine rings is 1. The molecule has 0 amide bonds. The van der Waals surface area contributed by atoms with Crippen LogP contribution < -0.4 is 4.74 Å². The summed E-state index contributed by atoms with van der Waals surface area (Å²) < 4.78 is 5.59. The Morgan fingerprint density at radius 3 is 3.11 bits per heavy atom. The molecule has 2 rings (SSSR count). The van der Waals surface area contributed by atoms with Crippen molar-refractivity contribution in [3.8, 4) is 5.88 Å². The Balaban J connectivity index is 2.03. The monoisotopic (exact) mass is 284 g/mol. The van der Waals surface area contributed by atoms with Crippen LogP contribution in [-0.4, -0.2) is 47.2 Å². The molecule has 1 saturated heterocycles. The molecule has 6 heteroatoms. The number of likely N-dealkylation sites (N-methyl/N-ethyl adjacent to an activating group) is 1. The van der Waals surface area contributed by atoms with E-state index in [4.69, 9.17) is 21.4 Å². The molecule has 1 N–H and O–H groups in total. The molecule has 0 spiro atoms. The number of hydrogen-bond acceptors (Lipinski definition) is 4. The van der Waals surface area contributed by atoms with Crippen LogP contribution >= 0.6 is 11.6 Å². The summed E-state index contributed by atoms with van der Waals surface area (Å²) in [6.45, 7) is 1.54. The Hall–Kier alpha value is -1.33. The van der Waals surface area contributed by atoms with Crippen LogP contribution in [0.5, 0.6) is 5.88 Å². The van der Waals surface area contributed by atoms with Crippen molar-refractivity contribution in [1.29, 1.82) is 0 Å². The number of hydrogen-bond donors (Lipinski definition) is 1. The van der Waals surface area contributed by atoms with E-state index in [1.54, 1.807) is 0 Å². The van der Waals surface area contributed by atoms with Gasteiger partial charge in [0.25, 0.3) is 0 Å². The van der Waals surface area contributed by atoms with Crippen LogP contribution in [0.25, 0.3) is 0 Å². The second kappa shape index (κ2) is 6.21. The Kier molecular flexibility index (Phi) is 4.61. The molecular formula is C13H17ClN2O3. The number of piperidine rings is 1. The summed E-state index contributed by atoms with van der Waals surface area (Å²) in [7, 11) is 2.07. The average Bonchev–Trinajstić information content (AvgIpc) is 2.39. The van der Waals surface area contributed by atoms with Crippen LogP contribution in [-0.2, 0) is 0 Å². The highest BCUT2D eigenvalue weighted by molar-refractivity contribution is 6.34. The van der Waals surface area contributed by atoms with Crippen molar-refractivity contribution in [1.82, 2.24) is 9.88 Å². The fraction of sp³-hybridized carbons (Fsp3) is 0.538. The number of carboxylic acid groups (broad SMARTS) is 1. The zero-order valence-electron chi connectivity index (χ0n) is 10.8. The summed E-state index contributed by atoms with van der Waals surface area (Å²) in [6.07, 6.45) is 4.87. The zero-order chi connectivity index (χ0) is 13.8. The summed E-state index contributed by atoms with van der Waals surface area (Å²) >= 11 is 5.98. The van der Waals surface area contributed by atoms with Crippen molar-refractivity contribution in [2.45, 2.75) is 25.3 Å². The van der Waals surface area contributed by atoms with Crippen LogP contribution in [0.1, 0.15) is 29.6 Å². The number of carbonyl (C=O) groups is 1. The molecule has 104 valence electrons. The SMILES string of the molecule is CN1CCCCC1COc1nccc(C(=O)O)c1Cl. The second-order valence-corrected chi connectivity index (χ2v) is 5.10. The first-order valence-corrected chi connectivity index (χ1v) is 6.68. The molecule has 2 heterocycles. The van der Waals surface area contributed by atoms with Crippen molar-refractivity contribution in [2.24, 2.45) is 0 Å². The first-order chi connectivity index (χ1) is 9.09. The number of aromatic nitrogens is 1. The van der Waals surface area contributed by atoms with Gasteiger partial charge in [-0.3, -0.25) is 0 Å². The van der Waals surface area contributed by atoms with E-state index in [1.165, 1.54) is 25.1 Å². The lowest BCUT2D eigenvalue weighted by Crippen LogP contribution is -2.40. The summed E-state index contributed by atoms with van der Waals surface area (Å²) in [5.74, 6) is -0.882. The molecule has 5 nitrogen and oxygen atoms in total. The fourth-order valence-corrected chi connectivity index (χ4v) is 2.47. The Morgan fingerprint density at radius 1 is 1.63 bits per heavy atom. The number of nitrogens with zero attached hydrogens (tertiary/aromatic N) is 2. The first kappa shape index (κ1) is 14.1. The van der Waals surface area contributed by atoms with Gasteiger partial charge in [-0.1, -0.05) is 18.0 Å². The maximum atomic E-state index is 11.0. The third kappa shape index (κ3) is 3.36. The zero-order valence-corrected chi connectivity index (χ0v) is 11.6. The molecule has 0 bridgehead atoms. The van der Waals surface area contributed by atoms with Gasteiger partial charge in [0, 0.05) is 12.2 Å². The van der Waals surface area contributed by atoms with Crippen molar-refractivity contribution in [3.05, 3.63) is 22.8 Å². The van der Waals surface area contributed by atoms with E-state index in [0.29, 0.717) is 12.6 Å². The third-order valence-electron chi connectivity index (χ3n) is 3.42. The highest BCUT2D eigenvalue weighted by Crippen LogP contribution is 2.26. The molecule has 19 heavy (non-hydrogen) atoms. The summed E-state index contributed by atoms with van der Waals surface area (Å²) in [5.41, 5.74) is 0.0173. The van der Waals surface area contributed by atoms with Crippen LogP contribution in [0.4, 0.5) is 0 Å². The van der Waals surface area contributed by atoms with Crippen molar-refractivity contribution in [2.75, 3.05) is 20.2 Å². The molecule has 1 atom stereocenters. The van der Waals surface area contributed by atoms with Gasteiger partial charge in [-0.25, -0.2) is 9.78 Å². The van der Waals surface area contributed by atoms with Crippen LogP contribution in [0.2, 0.25) is 5.02 Å². The summed E-state index contributed by atoms with van der Waals surface area (Å²) in [5, 5.41) is 9.04. The summed E-state index contributed by atoms with van der Waals surface area (Å²) in [6, 6.07) is 1.70. The van der Waals surface area contributed by atoms with Gasteiger partial charge < -0.3 is 14.7 Å². The lowest BCUT2D eigenvalue weighted by Gasteiger charge is -2.32. The molecule has 0 radical (unpaired) electrons. The number of likely N-dealkylation sites (tertiary alicyclic amines) is 1. The molecule has 1 unspecified atom stereocenters. The van der Waals surface area contributed by atoms with Gasteiger partial charge >= 0.3 is 5.97 Å². The number of carboxylic acids is 1. The lowest BCUT2D eigenvalue weighted by molar-refractivity contribution is 0.0696. The maximum Gasteiger partial charge on any atom is 0.337 e. The smallest absolute Gasteiger partial charge is 0.337 e. The molecule has 1 aromatic heterocycles. The Bertz CT molecular complexity index is 467. The van der Waals surface area contributed by atoms with E-state index in [-0.39, 0.29) is 16.5 Å². The molecule has 1 aliphatic rings. The standard InChI is InChI=1S/C13H17ClN2O3/c1-16-7-3-2-4-9(16)8-19-12-11(14)10(13(17)18)5-6-15-12/h5-6,9H,2-4,7-8H2,1H3,(H,17,18). The van der Waals surface area contributed by atoms with Gasteiger partial charge in [0.1, 0.15) is 11.6 Å². The summed E-state index contributed by atoms with van der Waals surface area (Å²) in [4.78, 5) is 17.2. The lowest BCUT2D eigenvalue weighted by atomic mass is 10.0. The van der Waals surface area contributed by atoms with Gasteiger partial charge in [-0.15, -0.1) is 0 Å². The second-order valence-electron chi connectivity index (χ2n) is 4.72. The highest BCUT2D eigenvalue weighted by Gasteiger charge is 2.21. The minimum Gasteiger partial charge on any atom is -0.478 e. The number of ether oxygens (including phenoxy) is 1. The highest BCUT2D eigenvalue weighted by atomic mass is 35.5. The van der Waals surface area contributed by atoms with E-state index in [9.17, 15) is 4.79 Å². The van der Waals surface area contributed by atoms with E-state index in [2.05, 4.69) is 16.9 Å². The molecule has 1 fully saturated rings. The minimum atomic E-state index is -1.08.